The molecule has 1 aliphatic heterocycles. The smallest absolute Gasteiger partial charge is 0.222 e. The van der Waals surface area contributed by atoms with Crippen LogP contribution in [0.15, 0.2) is 163 Å². The monoisotopic (exact) mass is 614 g/mol. The fourth-order valence-corrected chi connectivity index (χ4v) is 6.26. The van der Waals surface area contributed by atoms with Crippen molar-refractivity contribution in [2.45, 2.75) is 5.60 Å². The highest BCUT2D eigenvalue weighted by atomic mass is 16.5. The van der Waals surface area contributed by atoms with Crippen LogP contribution in [0, 0.1) is 0 Å². The highest BCUT2D eigenvalue weighted by molar-refractivity contribution is 5.98. The average Bonchev–Trinajstić information content (AvgIpc) is 3.14. The zero-order valence-corrected chi connectivity index (χ0v) is 27.2. The van der Waals surface area contributed by atoms with E-state index in [0.29, 0.717) is 5.90 Å². The number of para-hydroxylation sites is 2. The van der Waals surface area contributed by atoms with Gasteiger partial charge in [-0.05, 0) is 72.8 Å². The molecule has 0 aromatic heterocycles. The second-order valence-corrected chi connectivity index (χ2v) is 12.0. The summed E-state index contributed by atoms with van der Waals surface area (Å²) in [5.74, 6) is 0.588. The molecule has 6 aromatic rings. The maximum atomic E-state index is 7.24. The standard InChI is InChI=1S/C42H38N4O/c1-44(2)38-28-29-39-40(30-38)43-41(31-14-8-5-9-15-31)47-42(39,32-20-24-36(25-21-32)45(3)34-16-10-6-11-17-34)33-22-26-37(27-23-33)46(4)35-18-12-7-13-19-35/h5-30H,1-4H3. The Morgan fingerprint density at radius 3 is 1.36 bits per heavy atom. The van der Waals surface area contributed by atoms with E-state index in [4.69, 9.17) is 9.73 Å². The molecule has 0 saturated heterocycles. The van der Waals surface area contributed by atoms with Crippen LogP contribution in [0.3, 0.4) is 0 Å². The Labute approximate surface area is 277 Å². The largest absolute Gasteiger partial charge is 0.456 e. The predicted molar refractivity (Wildman–Crippen MR) is 196 cm³/mol. The first-order valence-electron chi connectivity index (χ1n) is 15.9. The number of hydrogen-bond donors (Lipinski definition) is 0. The number of rotatable bonds is 8. The van der Waals surface area contributed by atoms with Crippen molar-refractivity contribution in [1.82, 2.24) is 0 Å². The molecule has 0 spiro atoms. The van der Waals surface area contributed by atoms with E-state index in [9.17, 15) is 0 Å². The van der Waals surface area contributed by atoms with Gasteiger partial charge in [0.2, 0.25) is 5.90 Å². The summed E-state index contributed by atoms with van der Waals surface area (Å²) in [5.41, 5.74) is 9.41. The van der Waals surface area contributed by atoms with Gasteiger partial charge in [0.15, 0.2) is 5.60 Å². The van der Waals surface area contributed by atoms with Crippen LogP contribution in [-0.4, -0.2) is 34.1 Å². The first-order chi connectivity index (χ1) is 22.9. The second-order valence-electron chi connectivity index (χ2n) is 12.0. The molecule has 0 aliphatic carbocycles. The molecular formula is C42H38N4O. The van der Waals surface area contributed by atoms with E-state index in [1.54, 1.807) is 0 Å². The zero-order chi connectivity index (χ0) is 32.4. The van der Waals surface area contributed by atoms with Gasteiger partial charge in [-0.1, -0.05) is 84.9 Å². The fourth-order valence-electron chi connectivity index (χ4n) is 6.26. The fraction of sp³-hybridized carbons (Fsp3) is 0.119. The summed E-state index contributed by atoms with van der Waals surface area (Å²) in [4.78, 5) is 11.6. The molecule has 7 rings (SSSR count). The molecule has 0 amide bonds. The van der Waals surface area contributed by atoms with Gasteiger partial charge >= 0.3 is 0 Å². The molecule has 232 valence electrons. The maximum Gasteiger partial charge on any atom is 0.222 e. The van der Waals surface area contributed by atoms with Gasteiger partial charge in [0.25, 0.3) is 0 Å². The first-order valence-corrected chi connectivity index (χ1v) is 15.9. The van der Waals surface area contributed by atoms with Crippen LogP contribution in [0.4, 0.5) is 34.1 Å². The quantitative estimate of drug-likeness (QED) is 0.171. The summed E-state index contributed by atoms with van der Waals surface area (Å²) in [6.07, 6.45) is 0. The third-order valence-corrected chi connectivity index (χ3v) is 8.98. The Hall–Kier alpha value is -5.81. The lowest BCUT2D eigenvalue weighted by atomic mass is 9.78. The molecule has 6 aromatic carbocycles. The number of ether oxygens (including phenoxy) is 1. The number of hydrogen-bond acceptors (Lipinski definition) is 5. The van der Waals surface area contributed by atoms with Crippen LogP contribution in [-0.2, 0) is 10.3 Å². The van der Waals surface area contributed by atoms with Gasteiger partial charge in [-0.15, -0.1) is 0 Å². The summed E-state index contributed by atoms with van der Waals surface area (Å²) in [7, 11) is 8.30. The van der Waals surface area contributed by atoms with E-state index < -0.39 is 5.60 Å². The van der Waals surface area contributed by atoms with Gasteiger partial charge in [0.1, 0.15) is 0 Å². The van der Waals surface area contributed by atoms with Crippen molar-refractivity contribution in [3.63, 3.8) is 0 Å². The Bertz CT molecular complexity index is 1900. The van der Waals surface area contributed by atoms with E-state index in [1.807, 2.05) is 30.3 Å². The summed E-state index contributed by atoms with van der Waals surface area (Å²) >= 11 is 0. The van der Waals surface area contributed by atoms with Crippen LogP contribution in [0.1, 0.15) is 22.3 Å². The highest BCUT2D eigenvalue weighted by Crippen LogP contribution is 2.49. The van der Waals surface area contributed by atoms with Crippen molar-refractivity contribution in [3.8, 4) is 0 Å². The maximum absolute atomic E-state index is 7.24. The predicted octanol–water partition coefficient (Wildman–Crippen LogP) is 9.69. The lowest BCUT2D eigenvalue weighted by Gasteiger charge is -2.40. The summed E-state index contributed by atoms with van der Waals surface area (Å²) in [6, 6.07) is 54.9. The molecule has 5 nitrogen and oxygen atoms in total. The Kier molecular flexibility index (Phi) is 7.96. The van der Waals surface area contributed by atoms with Crippen LogP contribution < -0.4 is 14.7 Å². The average molecular weight is 615 g/mol. The van der Waals surface area contributed by atoms with Crippen molar-refractivity contribution >= 4 is 40.0 Å². The SMILES string of the molecule is CN(C)c1ccc2c(c1)N=C(c1ccccc1)OC2(c1ccc(N(C)c2ccccc2)cc1)c1ccc(N(C)c2ccccc2)cc1. The molecule has 5 heteroatoms. The summed E-state index contributed by atoms with van der Waals surface area (Å²) in [5, 5.41) is 0. The second kappa shape index (κ2) is 12.5. The molecule has 0 fully saturated rings. The highest BCUT2D eigenvalue weighted by Gasteiger charge is 2.44. The van der Waals surface area contributed by atoms with Crippen molar-refractivity contribution in [3.05, 3.63) is 180 Å². The molecule has 1 heterocycles. The minimum atomic E-state index is -0.958. The van der Waals surface area contributed by atoms with Gasteiger partial charge in [0.05, 0.1) is 5.69 Å². The van der Waals surface area contributed by atoms with Gasteiger partial charge < -0.3 is 19.4 Å². The lowest BCUT2D eigenvalue weighted by Crippen LogP contribution is -2.38. The van der Waals surface area contributed by atoms with Crippen LogP contribution in [0.5, 0.6) is 0 Å². The van der Waals surface area contributed by atoms with Crippen molar-refractivity contribution in [2.24, 2.45) is 4.99 Å². The molecule has 0 radical (unpaired) electrons. The molecular weight excluding hydrogens is 576 g/mol. The van der Waals surface area contributed by atoms with E-state index in [0.717, 1.165) is 56.4 Å². The van der Waals surface area contributed by atoms with E-state index in [1.165, 1.54) is 0 Å². The number of anilines is 5. The van der Waals surface area contributed by atoms with Crippen molar-refractivity contribution in [2.75, 3.05) is 42.9 Å². The molecule has 0 atom stereocenters. The minimum absolute atomic E-state index is 0.588. The van der Waals surface area contributed by atoms with Crippen LogP contribution in [0.25, 0.3) is 0 Å². The normalized spacial score (nSPS) is 13.1. The molecule has 0 saturated carbocycles. The van der Waals surface area contributed by atoms with Crippen LogP contribution >= 0.6 is 0 Å². The van der Waals surface area contributed by atoms with Gasteiger partial charge in [-0.3, -0.25) is 0 Å². The summed E-state index contributed by atoms with van der Waals surface area (Å²) in [6.45, 7) is 0. The number of benzene rings is 6. The third kappa shape index (κ3) is 5.61. The molecule has 47 heavy (non-hydrogen) atoms. The Balaban J connectivity index is 1.41. The minimum Gasteiger partial charge on any atom is -0.456 e. The number of aliphatic imine (C=N–C) groups is 1. The van der Waals surface area contributed by atoms with Crippen LogP contribution in [0.2, 0.25) is 0 Å². The molecule has 0 bridgehead atoms. The van der Waals surface area contributed by atoms with Gasteiger partial charge in [-0.25, -0.2) is 4.99 Å². The zero-order valence-electron chi connectivity index (χ0n) is 27.2. The number of fused-ring (bicyclic) bond motifs is 1. The van der Waals surface area contributed by atoms with Crippen molar-refractivity contribution < 1.29 is 4.74 Å². The van der Waals surface area contributed by atoms with E-state index >= 15 is 0 Å². The topological polar surface area (TPSA) is 31.3 Å². The Morgan fingerprint density at radius 1 is 0.468 bits per heavy atom. The summed E-state index contributed by atoms with van der Waals surface area (Å²) < 4.78 is 7.24. The van der Waals surface area contributed by atoms with E-state index in [-0.39, 0.29) is 0 Å². The first kappa shape index (κ1) is 29.9. The Morgan fingerprint density at radius 2 is 0.894 bits per heavy atom. The van der Waals surface area contributed by atoms with Gasteiger partial charge in [-0.2, -0.15) is 0 Å². The molecule has 0 unspecified atom stereocenters. The van der Waals surface area contributed by atoms with E-state index in [2.05, 4.69) is 170 Å². The number of nitrogens with zero attached hydrogens (tertiary/aromatic N) is 4. The third-order valence-electron chi connectivity index (χ3n) is 8.98. The molecule has 0 N–H and O–H groups in total. The van der Waals surface area contributed by atoms with Gasteiger partial charge in [0, 0.05) is 78.9 Å². The van der Waals surface area contributed by atoms with Crippen molar-refractivity contribution in [1.29, 1.82) is 0 Å². The molecule has 1 aliphatic rings. The lowest BCUT2D eigenvalue weighted by molar-refractivity contribution is 0.137.